The van der Waals surface area contributed by atoms with Crippen molar-refractivity contribution in [3.8, 4) is 22.4 Å². The Balaban J connectivity index is 1.30. The number of nitrogens with zero attached hydrogens (tertiary/aromatic N) is 1. The molecule has 238 valence electrons. The molecule has 0 bridgehead atoms. The van der Waals surface area contributed by atoms with Gasteiger partial charge in [-0.1, -0.05) is 54.6 Å². The number of ether oxygens (including phenoxy) is 2. The molecule has 2 aliphatic carbocycles. The summed E-state index contributed by atoms with van der Waals surface area (Å²) in [4.78, 5) is 42.0. The molecule has 3 amide bonds. The van der Waals surface area contributed by atoms with Crippen molar-refractivity contribution >= 4 is 23.8 Å². The van der Waals surface area contributed by atoms with Crippen LogP contribution in [0.3, 0.4) is 0 Å². The Kier molecular flexibility index (Phi) is 9.75. The van der Waals surface area contributed by atoms with Gasteiger partial charge in [-0.2, -0.15) is 0 Å². The van der Waals surface area contributed by atoms with Gasteiger partial charge in [0.05, 0.1) is 23.1 Å². The summed E-state index contributed by atoms with van der Waals surface area (Å²) in [5.41, 5.74) is 4.36. The highest BCUT2D eigenvalue weighted by Crippen LogP contribution is 2.42. The highest BCUT2D eigenvalue weighted by molar-refractivity contribution is 5.93. The molecule has 9 heteroatoms. The first kappa shape index (κ1) is 32.0. The van der Waals surface area contributed by atoms with Gasteiger partial charge >= 0.3 is 12.2 Å². The van der Waals surface area contributed by atoms with Gasteiger partial charge in [0.1, 0.15) is 11.7 Å². The third-order valence-electron chi connectivity index (χ3n) is 8.66. The van der Waals surface area contributed by atoms with Crippen LogP contribution in [0, 0.1) is 5.92 Å². The first-order chi connectivity index (χ1) is 21.5. The topological polar surface area (TPSA) is 119 Å². The van der Waals surface area contributed by atoms with E-state index in [4.69, 9.17) is 14.5 Å². The van der Waals surface area contributed by atoms with Crippen molar-refractivity contribution in [3.63, 3.8) is 0 Å². The Hall–Kier alpha value is -4.40. The van der Waals surface area contributed by atoms with Crippen molar-refractivity contribution in [2.75, 3.05) is 12.4 Å². The van der Waals surface area contributed by atoms with Crippen molar-refractivity contribution < 1.29 is 23.9 Å². The average molecular weight is 613 g/mol. The first-order valence-electron chi connectivity index (χ1n) is 15.9. The summed E-state index contributed by atoms with van der Waals surface area (Å²) in [6.07, 6.45) is 7.17. The van der Waals surface area contributed by atoms with Crippen molar-refractivity contribution in [2.24, 2.45) is 5.92 Å². The van der Waals surface area contributed by atoms with E-state index in [-0.39, 0.29) is 17.9 Å². The molecule has 9 nitrogen and oxygen atoms in total. The number of hydrogen-bond donors (Lipinski definition) is 3. The quantitative estimate of drug-likeness (QED) is 0.242. The molecule has 2 fully saturated rings. The molecule has 45 heavy (non-hydrogen) atoms. The van der Waals surface area contributed by atoms with Crippen LogP contribution >= 0.6 is 0 Å². The lowest BCUT2D eigenvalue weighted by molar-refractivity contribution is -0.117. The van der Waals surface area contributed by atoms with Gasteiger partial charge in [0, 0.05) is 24.6 Å². The van der Waals surface area contributed by atoms with E-state index in [1.165, 1.54) is 0 Å². The van der Waals surface area contributed by atoms with Crippen molar-refractivity contribution in [2.45, 2.75) is 89.4 Å². The van der Waals surface area contributed by atoms with E-state index in [0.29, 0.717) is 12.1 Å². The van der Waals surface area contributed by atoms with Gasteiger partial charge in [-0.25, -0.2) is 9.59 Å². The third-order valence-corrected chi connectivity index (χ3v) is 8.66. The number of aromatic nitrogens is 1. The molecular weight excluding hydrogens is 568 g/mol. The van der Waals surface area contributed by atoms with Crippen LogP contribution in [-0.2, 0) is 19.8 Å². The Morgan fingerprint density at radius 3 is 2.20 bits per heavy atom. The lowest BCUT2D eigenvalue weighted by Crippen LogP contribution is -2.52. The zero-order chi connectivity index (χ0) is 32.0. The molecule has 2 aromatic carbocycles. The minimum absolute atomic E-state index is 0.0492. The number of amides is 3. The van der Waals surface area contributed by atoms with Gasteiger partial charge in [0.25, 0.3) is 0 Å². The van der Waals surface area contributed by atoms with Crippen molar-refractivity contribution in [3.05, 3.63) is 72.4 Å². The highest BCUT2D eigenvalue weighted by Gasteiger charge is 2.41. The number of pyridine rings is 1. The second-order valence-corrected chi connectivity index (χ2v) is 13.2. The van der Waals surface area contributed by atoms with Crippen LogP contribution in [0.5, 0.6) is 0 Å². The lowest BCUT2D eigenvalue weighted by atomic mass is 9.71. The number of benzene rings is 2. The maximum absolute atomic E-state index is 13.0. The summed E-state index contributed by atoms with van der Waals surface area (Å²) in [5.74, 6) is 0.199. The molecule has 0 saturated heterocycles. The van der Waals surface area contributed by atoms with Crippen LogP contribution in [0.25, 0.3) is 22.4 Å². The van der Waals surface area contributed by atoms with Gasteiger partial charge in [-0.15, -0.1) is 0 Å². The van der Waals surface area contributed by atoms with E-state index in [0.717, 1.165) is 72.9 Å². The van der Waals surface area contributed by atoms with E-state index >= 15 is 0 Å². The summed E-state index contributed by atoms with van der Waals surface area (Å²) in [6, 6.07) is 20.2. The second kappa shape index (κ2) is 13.7. The number of alkyl carbamates (subject to hydrolysis) is 2. The second-order valence-electron chi connectivity index (χ2n) is 13.2. The van der Waals surface area contributed by atoms with E-state index in [1.807, 2.05) is 69.3 Å². The molecule has 0 spiro atoms. The summed E-state index contributed by atoms with van der Waals surface area (Å²) >= 11 is 0. The maximum atomic E-state index is 13.0. The van der Waals surface area contributed by atoms with E-state index in [1.54, 1.807) is 13.2 Å². The molecule has 0 radical (unpaired) electrons. The Labute approximate surface area is 265 Å². The normalized spacial score (nSPS) is 19.0. The van der Waals surface area contributed by atoms with Crippen molar-refractivity contribution in [1.82, 2.24) is 15.6 Å². The molecule has 1 aromatic heterocycles. The monoisotopic (exact) mass is 612 g/mol. The smallest absolute Gasteiger partial charge is 0.408 e. The van der Waals surface area contributed by atoms with Gasteiger partial charge < -0.3 is 25.4 Å². The molecule has 0 unspecified atom stereocenters. The molecule has 1 heterocycles. The summed E-state index contributed by atoms with van der Waals surface area (Å²) < 4.78 is 10.9. The third kappa shape index (κ3) is 8.21. The molecule has 5 rings (SSSR count). The molecule has 2 saturated carbocycles. The summed E-state index contributed by atoms with van der Waals surface area (Å²) in [6.45, 7) is 5.59. The van der Waals surface area contributed by atoms with Crippen LogP contribution in [0.15, 0.2) is 66.9 Å². The molecule has 3 N–H and O–H groups in total. The molecule has 0 atom stereocenters. The number of carbonyl (C=O) groups excluding carboxylic acids is 3. The van der Waals surface area contributed by atoms with Crippen LogP contribution < -0.4 is 16.0 Å². The van der Waals surface area contributed by atoms with Gasteiger partial charge in [-0.05, 0) is 88.8 Å². The number of carbonyl (C=O) groups is 3. The Bertz CT molecular complexity index is 1490. The predicted octanol–water partition coefficient (Wildman–Crippen LogP) is 7.56. The lowest BCUT2D eigenvalue weighted by Gasteiger charge is -2.43. The summed E-state index contributed by atoms with van der Waals surface area (Å²) in [5, 5.41) is 8.68. The molecule has 3 aromatic rings. The zero-order valence-corrected chi connectivity index (χ0v) is 26.7. The number of hydrogen-bond acceptors (Lipinski definition) is 6. The molecule has 2 aliphatic rings. The molecule has 0 aliphatic heterocycles. The first-order valence-corrected chi connectivity index (χ1v) is 15.9. The van der Waals surface area contributed by atoms with E-state index < -0.39 is 23.3 Å². The molecular formula is C36H44N4O5. The Morgan fingerprint density at radius 1 is 0.911 bits per heavy atom. The number of rotatable bonds is 8. The highest BCUT2D eigenvalue weighted by atomic mass is 16.6. The van der Waals surface area contributed by atoms with E-state index in [9.17, 15) is 14.4 Å². The van der Waals surface area contributed by atoms with Crippen molar-refractivity contribution in [1.29, 1.82) is 0 Å². The Morgan fingerprint density at radius 2 is 1.60 bits per heavy atom. The van der Waals surface area contributed by atoms with Gasteiger partial charge in [-0.3, -0.25) is 9.78 Å². The largest absolute Gasteiger partial charge is 0.446 e. The van der Waals surface area contributed by atoms with Gasteiger partial charge in [0.2, 0.25) is 5.91 Å². The summed E-state index contributed by atoms with van der Waals surface area (Å²) in [7, 11) is 1.55. The fourth-order valence-corrected chi connectivity index (χ4v) is 6.20. The maximum Gasteiger partial charge on any atom is 0.408 e. The fourth-order valence-electron chi connectivity index (χ4n) is 6.20. The number of nitrogens with one attached hydrogen (secondary N) is 3. The number of anilines is 1. The zero-order valence-electron chi connectivity index (χ0n) is 26.7. The van der Waals surface area contributed by atoms with Crippen LogP contribution in [-0.4, -0.2) is 41.8 Å². The van der Waals surface area contributed by atoms with E-state index in [2.05, 4.69) is 28.1 Å². The van der Waals surface area contributed by atoms with Gasteiger partial charge in [0.15, 0.2) is 0 Å². The van der Waals surface area contributed by atoms with Crippen LogP contribution in [0.4, 0.5) is 15.3 Å². The predicted molar refractivity (Wildman–Crippen MR) is 175 cm³/mol. The van der Waals surface area contributed by atoms with Crippen LogP contribution in [0.1, 0.15) is 77.7 Å². The average Bonchev–Trinajstić information content (AvgIpc) is 2.99. The standard InChI is InChI=1S/C36H44N4O5/c1-35(2,3)45-34(43)40-36(19-8-20-36)27-15-13-26(14-16-27)32-30(25-9-6-5-7-10-25)22-28(23-38-32)39-31(41)21-24-11-17-29(18-12-24)44-33(42)37-4/h5-7,9-10,13-16,22-24,29H,8,11-12,17-21H2,1-4H3,(H,37,42)(H,39,41)(H,40,43)/t24-,29-. The minimum atomic E-state index is -0.562. The van der Waals surface area contributed by atoms with Crippen LogP contribution in [0.2, 0.25) is 0 Å². The fraction of sp³-hybridized carbons (Fsp3) is 0.444. The minimum Gasteiger partial charge on any atom is -0.446 e. The SMILES string of the molecule is CNC(=O)O[C@H]1CC[C@H](CC(=O)Nc2cnc(-c3ccc(C4(NC(=O)OC(C)(C)C)CCC4)cc3)c(-c3ccccc3)c2)CC1.